The summed E-state index contributed by atoms with van der Waals surface area (Å²) in [5.41, 5.74) is 2.79. The lowest BCUT2D eigenvalue weighted by Gasteiger charge is -2.37. The average Bonchev–Trinajstić information content (AvgIpc) is 3.44. The van der Waals surface area contributed by atoms with Gasteiger partial charge in [-0.05, 0) is 47.9 Å². The lowest BCUT2D eigenvalue weighted by molar-refractivity contribution is -0.145. The molecule has 2 amide bonds. The molecule has 1 fully saturated rings. The Labute approximate surface area is 253 Å². The van der Waals surface area contributed by atoms with Gasteiger partial charge in [0.1, 0.15) is 5.75 Å². The molecule has 0 unspecified atom stereocenters. The van der Waals surface area contributed by atoms with Crippen LogP contribution in [0.25, 0.3) is 0 Å². The van der Waals surface area contributed by atoms with Gasteiger partial charge in [0, 0.05) is 38.0 Å². The summed E-state index contributed by atoms with van der Waals surface area (Å²) in [6.07, 6.45) is 1.05. The number of aliphatic hydroxyl groups is 1. The number of anilines is 2. The van der Waals surface area contributed by atoms with Crippen LogP contribution in [-0.4, -0.2) is 57.6 Å². The van der Waals surface area contributed by atoms with Gasteiger partial charge in [-0.2, -0.15) is 5.10 Å². The zero-order valence-electron chi connectivity index (χ0n) is 25.4. The lowest BCUT2D eigenvalue weighted by Crippen LogP contribution is -2.51. The summed E-state index contributed by atoms with van der Waals surface area (Å²) in [6, 6.07) is 23.8. The zero-order valence-corrected chi connectivity index (χ0v) is 26.4. The maximum absolute atomic E-state index is 14.3. The normalized spacial score (nSPS) is 25.3. The van der Waals surface area contributed by atoms with Crippen molar-refractivity contribution in [1.82, 2.24) is 0 Å². The van der Waals surface area contributed by atoms with Crippen LogP contribution < -0.4 is 19.8 Å². The molecule has 6 rings (SSSR count). The van der Waals surface area contributed by atoms with Gasteiger partial charge in [0.05, 0.1) is 38.4 Å². The summed E-state index contributed by atoms with van der Waals surface area (Å²) in [4.78, 5) is 29.1. The highest BCUT2D eigenvalue weighted by Gasteiger charge is 2.65. The Hall–Kier alpha value is -3.79. The van der Waals surface area contributed by atoms with E-state index in [0.717, 1.165) is 28.3 Å². The van der Waals surface area contributed by atoms with Crippen LogP contribution in [0.15, 0.2) is 77.9 Å². The first-order valence-electron chi connectivity index (χ1n) is 14.9. The van der Waals surface area contributed by atoms with Crippen LogP contribution in [0.2, 0.25) is 18.6 Å². The number of carbonyl (C=O) groups is 2. The molecule has 3 aliphatic heterocycles. The molecule has 3 heterocycles. The van der Waals surface area contributed by atoms with Crippen LogP contribution in [0.1, 0.15) is 37.3 Å². The highest BCUT2D eigenvalue weighted by Crippen LogP contribution is 2.60. The van der Waals surface area contributed by atoms with Gasteiger partial charge < -0.3 is 19.5 Å². The molecule has 0 aromatic heterocycles. The Morgan fingerprint density at radius 2 is 1.77 bits per heavy atom. The van der Waals surface area contributed by atoms with Crippen molar-refractivity contribution in [2.45, 2.75) is 56.5 Å². The molecule has 3 aromatic carbocycles. The maximum Gasteiger partial charge on any atom is 0.264 e. The molecule has 43 heavy (non-hydrogen) atoms. The molecule has 3 aliphatic rings. The summed E-state index contributed by atoms with van der Waals surface area (Å²) in [7, 11) is 1.17. The van der Waals surface area contributed by atoms with E-state index in [9.17, 15) is 14.7 Å². The predicted octanol–water partition coefficient (Wildman–Crippen LogP) is 4.80. The summed E-state index contributed by atoms with van der Waals surface area (Å²) < 4.78 is 12.3. The minimum atomic E-state index is -2.26. The van der Waals surface area contributed by atoms with E-state index >= 15 is 0 Å². The van der Waals surface area contributed by atoms with Gasteiger partial charge in [0.2, 0.25) is 5.91 Å². The van der Waals surface area contributed by atoms with E-state index in [1.165, 1.54) is 10.2 Å². The molecule has 1 saturated heterocycles. The van der Waals surface area contributed by atoms with Gasteiger partial charge in [-0.15, -0.1) is 0 Å². The molecule has 1 spiro atoms. The Balaban J connectivity index is 1.44. The quantitative estimate of drug-likeness (QED) is 0.395. The molecule has 3 aromatic rings. The number of benzene rings is 3. The SMILES string of the molecule is COc1ccc([Si](C)(C)[C@@H]2[C@@H](CCO)O[C@]3(C(=O)N(C)c4ccc(N5N=C(c6ccccc6)CCC5=O)cc43)[C@H]2C)cc1. The van der Waals surface area contributed by atoms with Gasteiger partial charge in [-0.25, -0.2) is 5.01 Å². The molecule has 9 heteroatoms. The first-order valence-corrected chi connectivity index (χ1v) is 18.0. The number of amides is 2. The molecule has 4 atom stereocenters. The van der Waals surface area contributed by atoms with Crippen molar-refractivity contribution in [3.8, 4) is 5.75 Å². The van der Waals surface area contributed by atoms with Gasteiger partial charge in [0.25, 0.3) is 5.91 Å². The van der Waals surface area contributed by atoms with Gasteiger partial charge >= 0.3 is 0 Å². The highest BCUT2D eigenvalue weighted by molar-refractivity contribution is 6.91. The zero-order chi connectivity index (χ0) is 30.5. The van der Waals surface area contributed by atoms with Crippen molar-refractivity contribution >= 4 is 42.2 Å². The molecule has 0 bridgehead atoms. The maximum atomic E-state index is 14.3. The number of ether oxygens (including phenoxy) is 2. The van der Waals surface area contributed by atoms with Crippen LogP contribution in [0.5, 0.6) is 5.75 Å². The van der Waals surface area contributed by atoms with E-state index in [1.54, 1.807) is 19.1 Å². The second kappa shape index (κ2) is 11.0. The molecule has 224 valence electrons. The molecule has 8 nitrogen and oxygen atoms in total. The standard InChI is InChI=1S/C34H39N3O5Si/c1-22-32(43(4,5)26-14-12-25(41-3)13-15-26)30(19-20-38)42-34(22)27-21-24(11-17-29(27)36(2)33(34)40)37-31(39)18-16-28(35-37)23-9-7-6-8-10-23/h6-15,17,21-22,30,32,38H,16,18-20H2,1-5H3/t22-,30+,32-,34+/m0/s1. The van der Waals surface area contributed by atoms with Crippen molar-refractivity contribution < 1.29 is 24.2 Å². The largest absolute Gasteiger partial charge is 0.497 e. The number of aliphatic hydroxyl groups excluding tert-OH is 1. The number of hydrogen-bond donors (Lipinski definition) is 1. The smallest absolute Gasteiger partial charge is 0.264 e. The van der Waals surface area contributed by atoms with Gasteiger partial charge in [0.15, 0.2) is 5.60 Å². The Morgan fingerprint density at radius 3 is 2.44 bits per heavy atom. The fourth-order valence-electron chi connectivity index (χ4n) is 7.53. The first kappa shape index (κ1) is 29.3. The summed E-state index contributed by atoms with van der Waals surface area (Å²) >= 11 is 0. The monoisotopic (exact) mass is 597 g/mol. The topological polar surface area (TPSA) is 91.7 Å². The first-order chi connectivity index (χ1) is 20.6. The van der Waals surface area contributed by atoms with E-state index in [1.807, 2.05) is 60.7 Å². The van der Waals surface area contributed by atoms with Crippen molar-refractivity contribution in [2.24, 2.45) is 11.0 Å². The number of rotatable bonds is 7. The third-order valence-corrected chi connectivity index (χ3v) is 14.1. The fraction of sp³-hybridized carbons (Fsp3) is 0.382. The average molecular weight is 598 g/mol. The summed E-state index contributed by atoms with van der Waals surface area (Å²) in [6.45, 7) is 6.71. The van der Waals surface area contributed by atoms with Crippen LogP contribution in [-0.2, 0) is 19.9 Å². The van der Waals surface area contributed by atoms with Crippen molar-refractivity contribution in [2.75, 3.05) is 30.7 Å². The van der Waals surface area contributed by atoms with E-state index in [-0.39, 0.29) is 36.0 Å². The number of carbonyl (C=O) groups excluding carboxylic acids is 2. The van der Waals surface area contributed by atoms with Crippen LogP contribution in [0.4, 0.5) is 11.4 Å². The Morgan fingerprint density at radius 1 is 1.05 bits per heavy atom. The highest BCUT2D eigenvalue weighted by atomic mass is 28.3. The predicted molar refractivity (Wildman–Crippen MR) is 171 cm³/mol. The number of hydrogen-bond acceptors (Lipinski definition) is 6. The molecule has 0 saturated carbocycles. The van der Waals surface area contributed by atoms with Gasteiger partial charge in [-0.3, -0.25) is 9.59 Å². The van der Waals surface area contributed by atoms with Crippen LogP contribution in [0, 0.1) is 5.92 Å². The van der Waals surface area contributed by atoms with Crippen molar-refractivity contribution in [3.05, 3.63) is 83.9 Å². The Bertz CT molecular complexity index is 1570. The van der Waals surface area contributed by atoms with E-state index in [0.29, 0.717) is 24.9 Å². The second-order valence-electron chi connectivity index (χ2n) is 12.4. The summed E-state index contributed by atoms with van der Waals surface area (Å²) in [5.74, 6) is 0.415. The number of fused-ring (bicyclic) bond motifs is 2. The molecular formula is C34H39N3O5Si. The second-order valence-corrected chi connectivity index (χ2v) is 17.0. The fourth-order valence-corrected chi connectivity index (χ4v) is 11.6. The van der Waals surface area contributed by atoms with E-state index in [2.05, 4.69) is 32.2 Å². The minimum absolute atomic E-state index is 0.0345. The third-order valence-electron chi connectivity index (χ3n) is 9.75. The minimum Gasteiger partial charge on any atom is -0.497 e. The number of methoxy groups -OCH3 is 1. The molecular weight excluding hydrogens is 558 g/mol. The Kier molecular flexibility index (Phi) is 7.52. The van der Waals surface area contributed by atoms with Gasteiger partial charge in [-0.1, -0.05) is 67.7 Å². The number of nitrogens with zero attached hydrogens (tertiary/aromatic N) is 3. The van der Waals surface area contributed by atoms with E-state index < -0.39 is 13.7 Å². The molecule has 0 aliphatic carbocycles. The molecule has 1 N–H and O–H groups in total. The third kappa shape index (κ3) is 4.61. The molecule has 0 radical (unpaired) electrons. The van der Waals surface area contributed by atoms with Crippen LogP contribution >= 0.6 is 0 Å². The number of likely N-dealkylation sites (N-methyl/N-ethyl adjacent to an activating group) is 1. The van der Waals surface area contributed by atoms with Crippen molar-refractivity contribution in [1.29, 1.82) is 0 Å². The van der Waals surface area contributed by atoms with Crippen LogP contribution in [0.3, 0.4) is 0 Å². The van der Waals surface area contributed by atoms with Crippen molar-refractivity contribution in [3.63, 3.8) is 0 Å². The van der Waals surface area contributed by atoms with E-state index in [4.69, 9.17) is 14.6 Å². The lowest BCUT2D eigenvalue weighted by atomic mass is 9.82. The summed E-state index contributed by atoms with van der Waals surface area (Å²) in [5, 5.41) is 17.6. The number of hydrazone groups is 1.